The van der Waals surface area contributed by atoms with E-state index in [2.05, 4.69) is 50.2 Å². The predicted octanol–water partition coefficient (Wildman–Crippen LogP) is 3.14. The van der Waals surface area contributed by atoms with E-state index >= 15 is 0 Å². The van der Waals surface area contributed by atoms with Crippen molar-refractivity contribution in [1.29, 1.82) is 0 Å². The number of carbonyl (C=O) groups excluding carboxylic acids is 1. The zero-order chi connectivity index (χ0) is 24.4. The molecule has 3 heterocycles. The third-order valence-electron chi connectivity index (χ3n) is 7.04. The summed E-state index contributed by atoms with van der Waals surface area (Å²) < 4.78 is 5.39. The number of benzene rings is 2. The molecule has 0 atom stereocenters. The van der Waals surface area contributed by atoms with Crippen molar-refractivity contribution >= 4 is 28.2 Å². The maximum Gasteiger partial charge on any atom is 0.257 e. The summed E-state index contributed by atoms with van der Waals surface area (Å²) in [5.74, 6) is 0.349. The Bertz CT molecular complexity index is 1270. The average molecular weight is 476 g/mol. The van der Waals surface area contributed by atoms with Gasteiger partial charge in [0.25, 0.3) is 11.5 Å². The van der Waals surface area contributed by atoms with Gasteiger partial charge in [-0.2, -0.15) is 0 Å². The van der Waals surface area contributed by atoms with Crippen LogP contribution in [0.1, 0.15) is 28.8 Å². The average Bonchev–Trinajstić information content (AvgIpc) is 3.40. The number of amides is 1. The first-order valence-corrected chi connectivity index (χ1v) is 12.3. The zero-order valence-electron chi connectivity index (χ0n) is 20.5. The lowest BCUT2D eigenvalue weighted by atomic mass is 10.1. The Morgan fingerprint density at radius 1 is 1.00 bits per heavy atom. The minimum Gasteiger partial charge on any atom is -0.496 e. The summed E-state index contributed by atoms with van der Waals surface area (Å²) in [6.45, 7) is 6.98. The van der Waals surface area contributed by atoms with Gasteiger partial charge in [-0.25, -0.2) is 0 Å². The lowest BCUT2D eigenvalue weighted by Gasteiger charge is -2.32. The molecule has 2 aliphatic rings. The molecule has 2 aromatic carbocycles. The second kappa shape index (κ2) is 10.1. The number of ether oxygens (including phenoxy) is 1. The van der Waals surface area contributed by atoms with Crippen LogP contribution in [0.15, 0.2) is 47.3 Å². The standard InChI is InChI=1S/C27H33N5O3/c1-30-11-13-31(14-12-30)18-19-5-8-24(32-9-3-4-10-32)22(15-19)27(34)28-20-6-7-23-21(16-20)25(35-2)17-26(33)29-23/h5-8,15-17H,3-4,9-14,18H2,1-2H3,(H,28,34)(H,29,33). The molecular weight excluding hydrogens is 442 g/mol. The van der Waals surface area contributed by atoms with Crippen LogP contribution in [0.5, 0.6) is 5.75 Å². The molecule has 2 fully saturated rings. The molecule has 0 aliphatic carbocycles. The van der Waals surface area contributed by atoms with Crippen molar-refractivity contribution < 1.29 is 9.53 Å². The van der Waals surface area contributed by atoms with Crippen LogP contribution in [0.4, 0.5) is 11.4 Å². The number of aromatic nitrogens is 1. The Morgan fingerprint density at radius 2 is 1.77 bits per heavy atom. The van der Waals surface area contributed by atoms with Crippen molar-refractivity contribution in [3.8, 4) is 5.75 Å². The van der Waals surface area contributed by atoms with E-state index in [4.69, 9.17) is 4.74 Å². The molecule has 2 saturated heterocycles. The molecule has 3 aromatic rings. The Labute approximate surface area is 205 Å². The van der Waals surface area contributed by atoms with Crippen LogP contribution in [-0.4, -0.2) is 74.1 Å². The minimum absolute atomic E-state index is 0.130. The van der Waals surface area contributed by atoms with Crippen molar-refractivity contribution in [2.75, 3.05) is 63.6 Å². The van der Waals surface area contributed by atoms with E-state index in [1.165, 1.54) is 13.2 Å². The van der Waals surface area contributed by atoms with Gasteiger partial charge in [-0.3, -0.25) is 14.5 Å². The number of nitrogens with one attached hydrogen (secondary N) is 2. The van der Waals surface area contributed by atoms with Crippen molar-refractivity contribution in [2.45, 2.75) is 19.4 Å². The summed E-state index contributed by atoms with van der Waals surface area (Å²) in [4.78, 5) is 35.3. The Hall–Kier alpha value is -3.36. The first kappa shape index (κ1) is 23.4. The number of H-pyrrole nitrogens is 1. The van der Waals surface area contributed by atoms with Gasteiger partial charge in [0.15, 0.2) is 0 Å². The SMILES string of the molecule is COc1cc(=O)[nH]c2ccc(NC(=O)c3cc(CN4CCN(C)CC4)ccc3N3CCCC3)cc12. The van der Waals surface area contributed by atoms with E-state index in [1.54, 1.807) is 12.1 Å². The monoisotopic (exact) mass is 475 g/mol. The molecule has 5 rings (SSSR count). The number of likely N-dealkylation sites (N-methyl/N-ethyl adjacent to an activating group) is 1. The Balaban J connectivity index is 1.43. The molecule has 0 saturated carbocycles. The number of methoxy groups -OCH3 is 1. The lowest BCUT2D eigenvalue weighted by molar-refractivity contribution is 0.102. The van der Waals surface area contributed by atoms with E-state index < -0.39 is 0 Å². The third-order valence-corrected chi connectivity index (χ3v) is 7.04. The number of aromatic amines is 1. The van der Waals surface area contributed by atoms with Crippen LogP contribution < -0.4 is 20.5 Å². The van der Waals surface area contributed by atoms with E-state index in [0.29, 0.717) is 22.5 Å². The van der Waals surface area contributed by atoms with Crippen molar-refractivity contribution in [1.82, 2.24) is 14.8 Å². The largest absolute Gasteiger partial charge is 0.496 e. The van der Waals surface area contributed by atoms with Crippen LogP contribution in [-0.2, 0) is 6.54 Å². The van der Waals surface area contributed by atoms with Gasteiger partial charge in [0.05, 0.1) is 18.2 Å². The second-order valence-corrected chi connectivity index (χ2v) is 9.54. The molecule has 2 N–H and O–H groups in total. The lowest BCUT2D eigenvalue weighted by Crippen LogP contribution is -2.43. The highest BCUT2D eigenvalue weighted by molar-refractivity contribution is 6.09. The molecule has 8 nitrogen and oxygen atoms in total. The number of hydrogen-bond acceptors (Lipinski definition) is 6. The second-order valence-electron chi connectivity index (χ2n) is 9.54. The fourth-order valence-electron chi connectivity index (χ4n) is 5.03. The smallest absolute Gasteiger partial charge is 0.257 e. The van der Waals surface area contributed by atoms with Crippen LogP contribution in [0.25, 0.3) is 10.9 Å². The molecular formula is C27H33N5O3. The Morgan fingerprint density at radius 3 is 2.51 bits per heavy atom. The molecule has 8 heteroatoms. The van der Waals surface area contributed by atoms with Gasteiger partial charge in [-0.05, 0) is 55.8 Å². The summed E-state index contributed by atoms with van der Waals surface area (Å²) in [6.07, 6.45) is 2.29. The number of piperazine rings is 1. The maximum atomic E-state index is 13.6. The fourth-order valence-corrected chi connectivity index (χ4v) is 5.03. The fraction of sp³-hybridized carbons (Fsp3) is 0.407. The molecule has 0 bridgehead atoms. The highest BCUT2D eigenvalue weighted by Gasteiger charge is 2.22. The van der Waals surface area contributed by atoms with Gasteiger partial charge in [0, 0.05) is 68.6 Å². The number of anilines is 2. The maximum absolute atomic E-state index is 13.6. The molecule has 35 heavy (non-hydrogen) atoms. The first-order chi connectivity index (χ1) is 17.0. The van der Waals surface area contributed by atoms with E-state index in [1.807, 2.05) is 6.07 Å². The highest BCUT2D eigenvalue weighted by atomic mass is 16.5. The number of fused-ring (bicyclic) bond motifs is 1. The third kappa shape index (κ3) is 5.18. The topological polar surface area (TPSA) is 80.9 Å². The van der Waals surface area contributed by atoms with E-state index in [-0.39, 0.29) is 11.5 Å². The summed E-state index contributed by atoms with van der Waals surface area (Å²) in [5.41, 5.74) is 3.94. The molecule has 1 amide bonds. The summed E-state index contributed by atoms with van der Waals surface area (Å²) >= 11 is 0. The van der Waals surface area contributed by atoms with E-state index in [9.17, 15) is 9.59 Å². The number of rotatable bonds is 6. The molecule has 1 aromatic heterocycles. The molecule has 0 spiro atoms. The first-order valence-electron chi connectivity index (χ1n) is 12.3. The van der Waals surface area contributed by atoms with Crippen molar-refractivity contribution in [3.05, 3.63) is 63.9 Å². The number of hydrogen-bond donors (Lipinski definition) is 2. The zero-order valence-corrected chi connectivity index (χ0v) is 20.5. The molecule has 0 unspecified atom stereocenters. The van der Waals surface area contributed by atoms with Gasteiger partial charge in [0.1, 0.15) is 5.75 Å². The van der Waals surface area contributed by atoms with Crippen LogP contribution in [0.3, 0.4) is 0 Å². The molecule has 184 valence electrons. The van der Waals surface area contributed by atoms with Crippen molar-refractivity contribution in [3.63, 3.8) is 0 Å². The summed E-state index contributed by atoms with van der Waals surface area (Å²) in [6, 6.07) is 13.2. The summed E-state index contributed by atoms with van der Waals surface area (Å²) in [5, 5.41) is 3.83. The van der Waals surface area contributed by atoms with Gasteiger partial charge < -0.3 is 24.8 Å². The van der Waals surface area contributed by atoms with Crippen molar-refractivity contribution in [2.24, 2.45) is 0 Å². The predicted molar refractivity (Wildman–Crippen MR) is 140 cm³/mol. The quantitative estimate of drug-likeness (QED) is 0.570. The summed E-state index contributed by atoms with van der Waals surface area (Å²) in [7, 11) is 3.69. The minimum atomic E-state index is -0.224. The van der Waals surface area contributed by atoms with Gasteiger partial charge in [-0.15, -0.1) is 0 Å². The number of nitrogens with zero attached hydrogens (tertiary/aromatic N) is 3. The van der Waals surface area contributed by atoms with Gasteiger partial charge >= 0.3 is 0 Å². The number of carbonyl (C=O) groups is 1. The van der Waals surface area contributed by atoms with Crippen LogP contribution in [0, 0.1) is 0 Å². The molecule has 0 radical (unpaired) electrons. The van der Waals surface area contributed by atoms with Crippen LogP contribution >= 0.6 is 0 Å². The Kier molecular flexibility index (Phi) is 6.74. The van der Waals surface area contributed by atoms with Gasteiger partial charge in [0.2, 0.25) is 0 Å². The number of pyridine rings is 1. The highest BCUT2D eigenvalue weighted by Crippen LogP contribution is 2.29. The molecule has 2 aliphatic heterocycles. The van der Waals surface area contributed by atoms with Gasteiger partial charge in [-0.1, -0.05) is 6.07 Å². The van der Waals surface area contributed by atoms with Crippen LogP contribution in [0.2, 0.25) is 0 Å². The van der Waals surface area contributed by atoms with E-state index in [0.717, 1.165) is 75.3 Å². The normalized spacial score (nSPS) is 17.1.